The Kier molecular flexibility index (Phi) is 24.7. The predicted octanol–water partition coefficient (Wildman–Crippen LogP) is 3.33. The molecule has 0 saturated heterocycles. The average Bonchev–Trinajstić information content (AvgIpc) is 4.35. The van der Waals surface area contributed by atoms with Crippen LogP contribution in [0.3, 0.4) is 0 Å². The van der Waals surface area contributed by atoms with E-state index in [4.69, 9.17) is 44.0 Å². The van der Waals surface area contributed by atoms with Crippen LogP contribution in [0.15, 0.2) is 54.6 Å². The molecule has 6 rings (SSSR count). The standard InChI is InChI=1S/C56H69N9O18S/c1-33(2)51(63-45(67)18-23-79-25-26-80-24-20-65-47(69)13-14-48(65)70)53(75)60-37(7-5-19-58-56(57)76)52(74)59-36-10-8-34(9-11-36)32-83-50(73)17-15-46(68)64-30-35-27-41(77-3)54(62-39(35)31-64)81-21-6-22-82-55-42(78-4)29-43-38(61-55)28-44(84-43)40(66)12-16-49(71)72/h8-11,13-14,27-29,33,37,51H,5-7,12,15-26,30-32H2,1-4H3,(H,59,74)(H,60,75)(H,63,67)(H,71,72)(H3,57,58,76)/t37-,51-/m0/s1. The number of nitrogens with one attached hydrogen (secondary N) is 4. The number of carbonyl (C=O) groups is 10. The quantitative estimate of drug-likeness (QED) is 0.0165. The second-order valence-electron chi connectivity index (χ2n) is 19.5. The maximum absolute atomic E-state index is 13.6. The number of hydrogen-bond donors (Lipinski definition) is 6. The summed E-state index contributed by atoms with van der Waals surface area (Å²) in [4.78, 5) is 136. The number of urea groups is 1. The molecular weight excluding hydrogens is 1120 g/mol. The van der Waals surface area contributed by atoms with E-state index in [1.54, 1.807) is 61.2 Å². The minimum atomic E-state index is -1.10. The molecular formula is C56H69N9O18S. The number of anilines is 1. The number of pyridine rings is 2. The van der Waals surface area contributed by atoms with E-state index in [0.717, 1.165) is 10.5 Å². The number of benzene rings is 1. The molecule has 0 bridgehead atoms. The fourth-order valence-electron chi connectivity index (χ4n) is 8.39. The number of hydrogen-bond acceptors (Lipinski definition) is 20. The number of Topliss-reactive ketones (excluding diaryl/α,β-unsaturated/α-hetero) is 1. The predicted molar refractivity (Wildman–Crippen MR) is 300 cm³/mol. The number of carbonyl (C=O) groups excluding carboxylic acids is 9. The molecule has 3 aromatic heterocycles. The van der Waals surface area contributed by atoms with Crippen LogP contribution in [0.25, 0.3) is 10.2 Å². The fraction of sp³-hybridized carbons (Fsp3) is 0.464. The summed E-state index contributed by atoms with van der Waals surface area (Å²) in [6, 6.07) is 8.63. The molecule has 8 amide bonds. The number of nitrogens with two attached hydrogens (primary N) is 1. The van der Waals surface area contributed by atoms with Crippen LogP contribution in [-0.2, 0) is 72.3 Å². The first-order valence-corrected chi connectivity index (χ1v) is 27.8. The summed E-state index contributed by atoms with van der Waals surface area (Å²) in [7, 11) is 2.94. The van der Waals surface area contributed by atoms with E-state index in [1.807, 2.05) is 0 Å². The number of fused-ring (bicyclic) bond motifs is 2. The van der Waals surface area contributed by atoms with Crippen molar-refractivity contribution in [3.63, 3.8) is 0 Å². The normalized spacial score (nSPS) is 13.3. The van der Waals surface area contributed by atoms with Gasteiger partial charge in [0.15, 0.2) is 17.3 Å². The molecule has 0 spiro atoms. The number of aliphatic carboxylic acids is 1. The molecule has 1 aromatic carbocycles. The van der Waals surface area contributed by atoms with Gasteiger partial charge in [0, 0.05) is 62.7 Å². The number of rotatable bonds is 36. The Bertz CT molecular complexity index is 3040. The molecule has 0 unspecified atom stereocenters. The van der Waals surface area contributed by atoms with Gasteiger partial charge in [-0.05, 0) is 54.2 Å². The van der Waals surface area contributed by atoms with E-state index in [0.29, 0.717) is 50.0 Å². The summed E-state index contributed by atoms with van der Waals surface area (Å²) >= 11 is 1.19. The molecule has 2 aliphatic rings. The van der Waals surface area contributed by atoms with Gasteiger partial charge in [0.05, 0.1) is 101 Å². The van der Waals surface area contributed by atoms with Crippen molar-refractivity contribution in [3.05, 3.63) is 76.3 Å². The molecule has 4 aromatic rings. The summed E-state index contributed by atoms with van der Waals surface area (Å²) in [5.74, 6) is -3.92. The number of imide groups is 1. The Balaban J connectivity index is 0.898. The first-order valence-electron chi connectivity index (χ1n) is 27.0. The van der Waals surface area contributed by atoms with Crippen molar-refractivity contribution >= 4 is 86.4 Å². The molecule has 2 aliphatic heterocycles. The second kappa shape index (κ2) is 32.2. The topological polar surface area (TPSA) is 362 Å². The zero-order valence-corrected chi connectivity index (χ0v) is 47.8. The minimum Gasteiger partial charge on any atom is -0.491 e. The number of esters is 1. The van der Waals surface area contributed by atoms with Crippen molar-refractivity contribution in [1.29, 1.82) is 0 Å². The van der Waals surface area contributed by atoms with Crippen molar-refractivity contribution in [3.8, 4) is 23.3 Å². The summed E-state index contributed by atoms with van der Waals surface area (Å²) in [6.07, 6.45) is 2.37. The number of ketones is 1. The number of thiophene rings is 1. The van der Waals surface area contributed by atoms with E-state index in [1.165, 1.54) is 37.7 Å². The van der Waals surface area contributed by atoms with Crippen LogP contribution in [-0.4, -0.2) is 163 Å². The lowest BCUT2D eigenvalue weighted by molar-refractivity contribution is -0.147. The van der Waals surface area contributed by atoms with Gasteiger partial charge < -0.3 is 70.2 Å². The maximum atomic E-state index is 13.6. The molecule has 0 fully saturated rings. The minimum absolute atomic E-state index is 0.0196. The summed E-state index contributed by atoms with van der Waals surface area (Å²) in [5.41, 5.74) is 8.03. The van der Waals surface area contributed by atoms with Crippen LogP contribution in [0.1, 0.15) is 91.7 Å². The molecule has 0 aliphatic carbocycles. The molecule has 5 heterocycles. The lowest BCUT2D eigenvalue weighted by Crippen LogP contribution is -2.54. The van der Waals surface area contributed by atoms with Gasteiger partial charge in [-0.25, -0.2) is 14.8 Å². The number of nitrogens with zero attached hydrogens (tertiary/aromatic N) is 4. The van der Waals surface area contributed by atoms with E-state index >= 15 is 0 Å². The Hall–Kier alpha value is -8.76. The van der Waals surface area contributed by atoms with Crippen molar-refractivity contribution in [2.75, 3.05) is 72.3 Å². The lowest BCUT2D eigenvalue weighted by Gasteiger charge is -2.25. The smallest absolute Gasteiger partial charge is 0.312 e. The third-order valence-electron chi connectivity index (χ3n) is 12.9. The van der Waals surface area contributed by atoms with Crippen molar-refractivity contribution in [2.24, 2.45) is 11.7 Å². The molecule has 0 radical (unpaired) electrons. The number of amides is 8. The zero-order valence-electron chi connectivity index (χ0n) is 47.0. The van der Waals surface area contributed by atoms with Gasteiger partial charge in [-0.15, -0.1) is 11.3 Å². The second-order valence-corrected chi connectivity index (χ2v) is 20.6. The summed E-state index contributed by atoms with van der Waals surface area (Å²) < 4.78 is 39.9. The Labute approximate surface area is 487 Å². The van der Waals surface area contributed by atoms with Gasteiger partial charge in [-0.2, -0.15) is 0 Å². The number of ether oxygens (including phenoxy) is 7. The van der Waals surface area contributed by atoms with Crippen LogP contribution in [0.4, 0.5) is 10.5 Å². The average molecular weight is 1190 g/mol. The zero-order chi connectivity index (χ0) is 60.7. The van der Waals surface area contributed by atoms with Crippen LogP contribution < -0.4 is 45.9 Å². The van der Waals surface area contributed by atoms with Gasteiger partial charge in [0.1, 0.15) is 18.7 Å². The van der Waals surface area contributed by atoms with Crippen LogP contribution >= 0.6 is 11.3 Å². The van der Waals surface area contributed by atoms with Gasteiger partial charge in [0.2, 0.25) is 23.6 Å². The van der Waals surface area contributed by atoms with Crippen molar-refractivity contribution in [1.82, 2.24) is 35.7 Å². The highest BCUT2D eigenvalue weighted by Gasteiger charge is 2.31. The Morgan fingerprint density at radius 1 is 0.750 bits per heavy atom. The van der Waals surface area contributed by atoms with E-state index < -0.39 is 59.6 Å². The van der Waals surface area contributed by atoms with Crippen LogP contribution in [0.2, 0.25) is 0 Å². The Morgan fingerprint density at radius 2 is 1.43 bits per heavy atom. The molecule has 28 heteroatoms. The van der Waals surface area contributed by atoms with E-state index in [-0.39, 0.29) is 147 Å². The molecule has 84 heavy (non-hydrogen) atoms. The number of carboxylic acids is 1. The van der Waals surface area contributed by atoms with Gasteiger partial charge in [-0.1, -0.05) is 26.0 Å². The van der Waals surface area contributed by atoms with Crippen molar-refractivity contribution in [2.45, 2.75) is 97.0 Å². The monoisotopic (exact) mass is 1190 g/mol. The van der Waals surface area contributed by atoms with Crippen LogP contribution in [0.5, 0.6) is 23.3 Å². The number of methoxy groups -OCH3 is 2. The van der Waals surface area contributed by atoms with Crippen molar-refractivity contribution < 1.29 is 86.2 Å². The van der Waals surface area contributed by atoms with Gasteiger partial charge in [0.25, 0.3) is 23.6 Å². The third kappa shape index (κ3) is 19.7. The third-order valence-corrected chi connectivity index (χ3v) is 14.0. The Morgan fingerprint density at radius 3 is 2.10 bits per heavy atom. The van der Waals surface area contributed by atoms with E-state index in [9.17, 15) is 47.9 Å². The molecule has 7 N–H and O–H groups in total. The van der Waals surface area contributed by atoms with Gasteiger partial charge in [-0.3, -0.25) is 48.1 Å². The summed E-state index contributed by atoms with van der Waals surface area (Å²) in [6.45, 7) is 4.81. The number of aromatic nitrogens is 2. The fourth-order valence-corrected chi connectivity index (χ4v) is 9.39. The van der Waals surface area contributed by atoms with E-state index in [2.05, 4.69) is 31.2 Å². The molecule has 0 saturated carbocycles. The molecule has 2 atom stereocenters. The first kappa shape index (κ1) is 64.4. The highest BCUT2D eigenvalue weighted by molar-refractivity contribution is 7.20. The molecule has 452 valence electrons. The highest BCUT2D eigenvalue weighted by Crippen LogP contribution is 2.35. The lowest BCUT2D eigenvalue weighted by atomic mass is 10.0. The summed E-state index contributed by atoms with van der Waals surface area (Å²) in [5, 5.41) is 19.6. The first-order chi connectivity index (χ1) is 40.3. The molecule has 27 nitrogen and oxygen atoms in total. The van der Waals surface area contributed by atoms with Gasteiger partial charge >= 0.3 is 18.0 Å². The van der Waals surface area contributed by atoms with Crippen LogP contribution in [0, 0.1) is 5.92 Å². The highest BCUT2D eigenvalue weighted by atomic mass is 32.1. The largest absolute Gasteiger partial charge is 0.491 e. The number of primary amides is 1. The maximum Gasteiger partial charge on any atom is 0.312 e. The number of carboxylic acid groups (broad SMARTS) is 1. The SMILES string of the molecule is COc1cc2c(nc1OCCCOc1nc3cc(C(=O)CCC(=O)O)sc3cc1OC)CN(C(=O)CCC(=O)OCc1ccc(NC(=O)[C@H](CCCNC(N)=O)NC(=O)[C@@H](NC(=O)CCOCCOCCN3C(=O)C=CC3=O)C(C)C)cc1)C2.